The van der Waals surface area contributed by atoms with Crippen LogP contribution in [0.3, 0.4) is 0 Å². The van der Waals surface area contributed by atoms with Crippen molar-refractivity contribution in [2.45, 2.75) is 63.2 Å². The van der Waals surface area contributed by atoms with E-state index in [-0.39, 0.29) is 0 Å². The zero-order chi connectivity index (χ0) is 13.0. The standard InChI is InChI=1S/C14H18ClN3O/c1-7-12(15)17-14(8-2-3-8)18-13(7)16-10-6-9-4-5-11(10)19-9/h8-11H,2-6H2,1H3,(H,16,17,18). The summed E-state index contributed by atoms with van der Waals surface area (Å²) in [5.41, 5.74) is 0.953. The molecule has 19 heavy (non-hydrogen) atoms. The van der Waals surface area contributed by atoms with Crippen LogP contribution in [0.5, 0.6) is 0 Å². The van der Waals surface area contributed by atoms with Crippen molar-refractivity contribution in [3.63, 3.8) is 0 Å². The fourth-order valence-corrected chi connectivity index (χ4v) is 3.31. The van der Waals surface area contributed by atoms with Crippen molar-refractivity contribution in [3.05, 3.63) is 16.5 Å². The number of nitrogens with zero attached hydrogens (tertiary/aromatic N) is 2. The summed E-state index contributed by atoms with van der Waals surface area (Å²) < 4.78 is 5.88. The van der Waals surface area contributed by atoms with Crippen molar-refractivity contribution in [2.75, 3.05) is 5.32 Å². The lowest BCUT2D eigenvalue weighted by molar-refractivity contribution is 0.102. The summed E-state index contributed by atoms with van der Waals surface area (Å²) in [4.78, 5) is 9.08. The van der Waals surface area contributed by atoms with Crippen LogP contribution in [0.4, 0.5) is 5.82 Å². The van der Waals surface area contributed by atoms with Gasteiger partial charge in [0.1, 0.15) is 16.8 Å². The van der Waals surface area contributed by atoms with Gasteiger partial charge in [0.2, 0.25) is 0 Å². The molecule has 0 spiro atoms. The maximum Gasteiger partial charge on any atom is 0.137 e. The second-order valence-electron chi connectivity index (χ2n) is 5.98. The van der Waals surface area contributed by atoms with Crippen LogP contribution in [0.25, 0.3) is 0 Å². The molecule has 3 fully saturated rings. The molecule has 3 heterocycles. The summed E-state index contributed by atoms with van der Waals surface area (Å²) in [7, 11) is 0. The van der Waals surface area contributed by atoms with Crippen molar-refractivity contribution < 1.29 is 4.74 Å². The molecule has 1 N–H and O–H groups in total. The van der Waals surface area contributed by atoms with Crippen molar-refractivity contribution in [1.82, 2.24) is 9.97 Å². The van der Waals surface area contributed by atoms with Crippen LogP contribution in [-0.2, 0) is 4.74 Å². The summed E-state index contributed by atoms with van der Waals surface area (Å²) in [6.45, 7) is 1.98. The second kappa shape index (κ2) is 4.32. The Labute approximate surface area is 117 Å². The van der Waals surface area contributed by atoms with E-state index < -0.39 is 0 Å². The number of anilines is 1. The largest absolute Gasteiger partial charge is 0.373 e. The molecule has 0 amide bonds. The third-order valence-electron chi connectivity index (χ3n) is 4.47. The zero-order valence-electron chi connectivity index (χ0n) is 11.0. The van der Waals surface area contributed by atoms with Crippen molar-refractivity contribution in [1.29, 1.82) is 0 Å². The average Bonchev–Trinajstić information content (AvgIpc) is 3.05. The Morgan fingerprint density at radius 3 is 2.68 bits per heavy atom. The van der Waals surface area contributed by atoms with Gasteiger partial charge in [-0.25, -0.2) is 9.97 Å². The molecule has 3 unspecified atom stereocenters. The lowest BCUT2D eigenvalue weighted by Crippen LogP contribution is -2.31. The molecule has 1 aromatic rings. The quantitative estimate of drug-likeness (QED) is 0.864. The summed E-state index contributed by atoms with van der Waals surface area (Å²) in [5, 5.41) is 4.13. The molecule has 0 radical (unpaired) electrons. The highest BCUT2D eigenvalue weighted by Crippen LogP contribution is 2.40. The highest BCUT2D eigenvalue weighted by molar-refractivity contribution is 6.30. The van der Waals surface area contributed by atoms with Crippen LogP contribution in [0.1, 0.15) is 49.4 Å². The molecule has 4 nitrogen and oxygen atoms in total. The Morgan fingerprint density at radius 2 is 2.05 bits per heavy atom. The van der Waals surface area contributed by atoms with E-state index in [0.29, 0.717) is 29.3 Å². The van der Waals surface area contributed by atoms with Gasteiger partial charge in [0.25, 0.3) is 0 Å². The molecule has 2 saturated heterocycles. The summed E-state index contributed by atoms with van der Waals surface area (Å²) >= 11 is 6.23. The SMILES string of the molecule is Cc1c(Cl)nc(C2CC2)nc1NC1CC2CCC1O2. The molecule has 3 atom stereocenters. The summed E-state index contributed by atoms with van der Waals surface area (Å²) in [5.74, 6) is 2.33. The van der Waals surface area contributed by atoms with E-state index in [2.05, 4.69) is 15.3 Å². The normalized spacial score (nSPS) is 32.8. The first-order valence-electron chi connectivity index (χ1n) is 7.16. The van der Waals surface area contributed by atoms with E-state index in [1.54, 1.807) is 0 Å². The number of fused-ring (bicyclic) bond motifs is 2. The third-order valence-corrected chi connectivity index (χ3v) is 4.84. The molecule has 1 saturated carbocycles. The molecule has 1 aromatic heterocycles. The first-order chi connectivity index (χ1) is 9.20. The maximum atomic E-state index is 6.23. The Kier molecular flexibility index (Phi) is 2.71. The first kappa shape index (κ1) is 11.9. The van der Waals surface area contributed by atoms with E-state index in [4.69, 9.17) is 16.3 Å². The van der Waals surface area contributed by atoms with Gasteiger partial charge in [-0.1, -0.05) is 11.6 Å². The number of ether oxygens (including phenoxy) is 1. The number of rotatable bonds is 3. The maximum absolute atomic E-state index is 6.23. The first-order valence-corrected chi connectivity index (χ1v) is 7.54. The van der Waals surface area contributed by atoms with Gasteiger partial charge in [-0.15, -0.1) is 0 Å². The Hall–Kier alpha value is -0.870. The number of aromatic nitrogens is 2. The Balaban J connectivity index is 1.59. The molecule has 5 heteroatoms. The Bertz CT molecular complexity index is 518. The third kappa shape index (κ3) is 2.11. The van der Waals surface area contributed by atoms with E-state index in [0.717, 1.165) is 30.0 Å². The molecule has 2 bridgehead atoms. The molecule has 3 aliphatic rings. The van der Waals surface area contributed by atoms with Gasteiger partial charge in [-0.05, 0) is 39.0 Å². The van der Waals surface area contributed by atoms with Gasteiger partial charge < -0.3 is 10.1 Å². The highest BCUT2D eigenvalue weighted by atomic mass is 35.5. The van der Waals surface area contributed by atoms with Crippen LogP contribution in [0.2, 0.25) is 5.15 Å². The molecule has 0 aromatic carbocycles. The number of hydrogen-bond acceptors (Lipinski definition) is 4. The number of nitrogens with one attached hydrogen (secondary N) is 1. The fourth-order valence-electron chi connectivity index (χ4n) is 3.14. The van der Waals surface area contributed by atoms with Crippen molar-refractivity contribution in [3.8, 4) is 0 Å². The monoisotopic (exact) mass is 279 g/mol. The van der Waals surface area contributed by atoms with E-state index in [9.17, 15) is 0 Å². The molecule has 2 aliphatic heterocycles. The minimum atomic E-state index is 0.350. The van der Waals surface area contributed by atoms with Crippen LogP contribution in [-0.4, -0.2) is 28.2 Å². The van der Waals surface area contributed by atoms with Crippen LogP contribution in [0.15, 0.2) is 0 Å². The van der Waals surface area contributed by atoms with Gasteiger partial charge in [0.05, 0.1) is 18.2 Å². The van der Waals surface area contributed by atoms with Gasteiger partial charge in [-0.3, -0.25) is 0 Å². The number of halogens is 1. The van der Waals surface area contributed by atoms with E-state index in [1.165, 1.54) is 19.3 Å². The van der Waals surface area contributed by atoms with Crippen molar-refractivity contribution in [2.24, 2.45) is 0 Å². The smallest absolute Gasteiger partial charge is 0.137 e. The molecular formula is C14H18ClN3O. The Morgan fingerprint density at radius 1 is 1.21 bits per heavy atom. The van der Waals surface area contributed by atoms with Gasteiger partial charge in [-0.2, -0.15) is 0 Å². The minimum absolute atomic E-state index is 0.350. The predicted octanol–water partition coefficient (Wildman–Crippen LogP) is 3.05. The van der Waals surface area contributed by atoms with Crippen LogP contribution >= 0.6 is 11.6 Å². The zero-order valence-corrected chi connectivity index (χ0v) is 11.8. The van der Waals surface area contributed by atoms with E-state index >= 15 is 0 Å². The van der Waals surface area contributed by atoms with Crippen LogP contribution in [0, 0.1) is 6.92 Å². The highest BCUT2D eigenvalue weighted by Gasteiger charge is 2.41. The summed E-state index contributed by atoms with van der Waals surface area (Å²) in [6.07, 6.45) is 6.64. The minimum Gasteiger partial charge on any atom is -0.373 e. The fraction of sp³-hybridized carbons (Fsp3) is 0.714. The summed E-state index contributed by atoms with van der Waals surface area (Å²) in [6, 6.07) is 0.385. The predicted molar refractivity (Wildman–Crippen MR) is 73.7 cm³/mol. The van der Waals surface area contributed by atoms with Gasteiger partial charge >= 0.3 is 0 Å². The topological polar surface area (TPSA) is 47.0 Å². The second-order valence-corrected chi connectivity index (χ2v) is 6.34. The number of hydrogen-bond donors (Lipinski definition) is 1. The molecule has 1 aliphatic carbocycles. The average molecular weight is 280 g/mol. The lowest BCUT2D eigenvalue weighted by Gasteiger charge is -2.22. The van der Waals surface area contributed by atoms with Crippen molar-refractivity contribution >= 4 is 17.4 Å². The van der Waals surface area contributed by atoms with Gasteiger partial charge in [0.15, 0.2) is 0 Å². The molecule has 4 rings (SSSR count). The molecular weight excluding hydrogens is 262 g/mol. The lowest BCUT2D eigenvalue weighted by atomic mass is 9.95. The van der Waals surface area contributed by atoms with Crippen LogP contribution < -0.4 is 5.32 Å². The van der Waals surface area contributed by atoms with Gasteiger partial charge in [0, 0.05) is 11.5 Å². The molecule has 102 valence electrons. The van der Waals surface area contributed by atoms with E-state index in [1.807, 2.05) is 6.92 Å².